The maximum Gasteiger partial charge on any atom is 0.179 e. The molecular formula is C8H10NO2S. The van der Waals surface area contributed by atoms with Crippen molar-refractivity contribution in [2.24, 2.45) is 0 Å². The Labute approximate surface area is 72.1 Å². The molecule has 0 aliphatic heterocycles. The van der Waals surface area contributed by atoms with Crippen molar-refractivity contribution in [3.05, 3.63) is 30.3 Å². The van der Waals surface area contributed by atoms with Gasteiger partial charge >= 0.3 is 0 Å². The molecule has 1 rings (SSSR count). The van der Waals surface area contributed by atoms with Crippen LogP contribution in [0.15, 0.2) is 35.2 Å². The number of benzene rings is 1. The quantitative estimate of drug-likeness (QED) is 0.695. The summed E-state index contributed by atoms with van der Waals surface area (Å²) in [5, 5.41) is 0. The van der Waals surface area contributed by atoms with Gasteiger partial charge in [-0.2, -0.15) is 0 Å². The molecule has 0 bridgehead atoms. The molecule has 0 atom stereocenters. The molecule has 1 N–H and O–H groups in total. The highest BCUT2D eigenvalue weighted by Crippen LogP contribution is 2.08. The summed E-state index contributed by atoms with van der Waals surface area (Å²) in [6.45, 7) is -0.0861. The summed E-state index contributed by atoms with van der Waals surface area (Å²) in [6.07, 6.45) is 0. The van der Waals surface area contributed by atoms with Gasteiger partial charge in [0, 0.05) is 6.54 Å². The largest absolute Gasteiger partial charge is 0.257 e. The van der Waals surface area contributed by atoms with Gasteiger partial charge in [0.15, 0.2) is 9.84 Å². The molecule has 12 heavy (non-hydrogen) atoms. The van der Waals surface area contributed by atoms with Crippen molar-refractivity contribution in [2.75, 3.05) is 12.3 Å². The summed E-state index contributed by atoms with van der Waals surface area (Å²) >= 11 is 0. The van der Waals surface area contributed by atoms with Gasteiger partial charge in [0.25, 0.3) is 0 Å². The molecule has 0 heterocycles. The van der Waals surface area contributed by atoms with Crippen molar-refractivity contribution in [3.8, 4) is 0 Å². The monoisotopic (exact) mass is 184 g/mol. The van der Waals surface area contributed by atoms with Gasteiger partial charge in [-0.25, -0.2) is 8.42 Å². The lowest BCUT2D eigenvalue weighted by Gasteiger charge is -2.00. The summed E-state index contributed by atoms with van der Waals surface area (Å²) in [5.41, 5.74) is 6.83. The van der Waals surface area contributed by atoms with Gasteiger partial charge in [-0.3, -0.25) is 5.73 Å². The molecular weight excluding hydrogens is 174 g/mol. The standard InChI is InChI=1S/C8H10NO2S/c9-6-7-12(10,11)8-4-2-1-3-5-8/h1-5,9H,6-7H2. The molecule has 0 saturated heterocycles. The Balaban J connectivity index is 2.99. The van der Waals surface area contributed by atoms with Gasteiger partial charge in [-0.15, -0.1) is 0 Å². The summed E-state index contributed by atoms with van der Waals surface area (Å²) in [4.78, 5) is 0.303. The number of rotatable bonds is 3. The molecule has 0 aliphatic rings. The Kier molecular flexibility index (Phi) is 2.83. The van der Waals surface area contributed by atoms with E-state index in [1.165, 1.54) is 0 Å². The Morgan fingerprint density at radius 2 is 1.75 bits per heavy atom. The van der Waals surface area contributed by atoms with E-state index < -0.39 is 9.84 Å². The minimum absolute atomic E-state index is 0.0861. The average molecular weight is 184 g/mol. The van der Waals surface area contributed by atoms with Gasteiger partial charge in [-0.05, 0) is 12.1 Å². The van der Waals surface area contributed by atoms with E-state index in [0.717, 1.165) is 0 Å². The zero-order valence-corrected chi connectivity index (χ0v) is 7.34. The van der Waals surface area contributed by atoms with Crippen LogP contribution in [0.1, 0.15) is 0 Å². The van der Waals surface area contributed by atoms with Gasteiger partial charge in [0.05, 0.1) is 10.6 Å². The van der Waals surface area contributed by atoms with Crippen LogP contribution in [0.4, 0.5) is 0 Å². The first-order chi connectivity index (χ1) is 5.67. The lowest BCUT2D eigenvalue weighted by Crippen LogP contribution is -2.10. The van der Waals surface area contributed by atoms with Crippen LogP contribution in [0.5, 0.6) is 0 Å². The second kappa shape index (κ2) is 3.69. The Morgan fingerprint density at radius 3 is 2.25 bits per heavy atom. The Hall–Kier alpha value is -0.870. The van der Waals surface area contributed by atoms with E-state index in [2.05, 4.69) is 0 Å². The first-order valence-electron chi connectivity index (χ1n) is 3.59. The van der Waals surface area contributed by atoms with E-state index in [1.54, 1.807) is 30.3 Å². The summed E-state index contributed by atoms with van der Waals surface area (Å²) in [7, 11) is -3.20. The molecule has 0 aromatic heterocycles. The summed E-state index contributed by atoms with van der Waals surface area (Å²) in [5.74, 6) is -0.100. The van der Waals surface area contributed by atoms with Crippen molar-refractivity contribution in [3.63, 3.8) is 0 Å². The van der Waals surface area contributed by atoms with Crippen molar-refractivity contribution in [2.45, 2.75) is 4.90 Å². The molecule has 65 valence electrons. The second-order valence-electron chi connectivity index (χ2n) is 2.38. The smallest absolute Gasteiger partial charge is 0.179 e. The first kappa shape index (κ1) is 9.22. The van der Waals surface area contributed by atoms with E-state index in [4.69, 9.17) is 5.73 Å². The maximum atomic E-state index is 11.3. The highest BCUT2D eigenvalue weighted by Gasteiger charge is 2.11. The van der Waals surface area contributed by atoms with E-state index >= 15 is 0 Å². The molecule has 4 heteroatoms. The maximum absolute atomic E-state index is 11.3. The predicted molar refractivity (Wildman–Crippen MR) is 46.5 cm³/mol. The average Bonchev–Trinajstić information content (AvgIpc) is 2.06. The lowest BCUT2D eigenvalue weighted by atomic mass is 10.4. The molecule has 1 radical (unpaired) electrons. The van der Waals surface area contributed by atoms with E-state index in [0.29, 0.717) is 4.90 Å². The highest BCUT2D eigenvalue weighted by molar-refractivity contribution is 7.91. The minimum Gasteiger partial charge on any atom is -0.257 e. The molecule has 0 fully saturated rings. The summed E-state index contributed by atoms with van der Waals surface area (Å²) < 4.78 is 22.6. The van der Waals surface area contributed by atoms with Crippen LogP contribution in [0.25, 0.3) is 0 Å². The third kappa shape index (κ3) is 2.06. The topological polar surface area (TPSA) is 57.9 Å². The molecule has 3 nitrogen and oxygen atoms in total. The fourth-order valence-electron chi connectivity index (χ4n) is 0.880. The predicted octanol–water partition coefficient (Wildman–Crippen LogP) is 0.743. The van der Waals surface area contributed by atoms with Crippen molar-refractivity contribution >= 4 is 9.84 Å². The van der Waals surface area contributed by atoms with Crippen molar-refractivity contribution in [1.29, 1.82) is 0 Å². The van der Waals surface area contributed by atoms with Crippen LogP contribution in [0, 0.1) is 0 Å². The minimum atomic E-state index is -3.20. The molecule has 0 saturated carbocycles. The van der Waals surface area contributed by atoms with Crippen LogP contribution >= 0.6 is 0 Å². The zero-order chi connectivity index (χ0) is 9.03. The highest BCUT2D eigenvalue weighted by atomic mass is 32.2. The number of nitrogens with one attached hydrogen (secondary N) is 1. The number of sulfone groups is 1. The number of hydrogen-bond acceptors (Lipinski definition) is 2. The van der Waals surface area contributed by atoms with E-state index in [-0.39, 0.29) is 12.3 Å². The van der Waals surface area contributed by atoms with E-state index in [9.17, 15) is 8.42 Å². The zero-order valence-electron chi connectivity index (χ0n) is 6.53. The van der Waals surface area contributed by atoms with Crippen LogP contribution < -0.4 is 5.73 Å². The molecule has 1 aromatic carbocycles. The van der Waals surface area contributed by atoms with Crippen LogP contribution in [0.2, 0.25) is 0 Å². The SMILES string of the molecule is [NH]CCS(=O)(=O)c1ccccc1. The van der Waals surface area contributed by atoms with Gasteiger partial charge < -0.3 is 0 Å². The van der Waals surface area contributed by atoms with Crippen molar-refractivity contribution < 1.29 is 8.42 Å². The van der Waals surface area contributed by atoms with E-state index in [1.807, 2.05) is 0 Å². The van der Waals surface area contributed by atoms with Gasteiger partial charge in [-0.1, -0.05) is 18.2 Å². The van der Waals surface area contributed by atoms with Crippen LogP contribution in [-0.2, 0) is 9.84 Å². The first-order valence-corrected chi connectivity index (χ1v) is 5.24. The fraction of sp³-hybridized carbons (Fsp3) is 0.250. The normalized spacial score (nSPS) is 11.4. The number of hydrogen-bond donors (Lipinski definition) is 0. The molecule has 0 aliphatic carbocycles. The summed E-state index contributed by atoms with van der Waals surface area (Å²) in [6, 6.07) is 8.21. The third-order valence-electron chi connectivity index (χ3n) is 1.47. The van der Waals surface area contributed by atoms with Gasteiger partial charge in [0.1, 0.15) is 0 Å². The molecule has 1 aromatic rings. The van der Waals surface area contributed by atoms with Gasteiger partial charge in [0.2, 0.25) is 0 Å². The fourth-order valence-corrected chi connectivity index (χ4v) is 1.96. The third-order valence-corrected chi connectivity index (χ3v) is 3.21. The van der Waals surface area contributed by atoms with Crippen LogP contribution in [-0.4, -0.2) is 20.7 Å². The molecule has 0 amide bonds. The molecule has 0 spiro atoms. The Bertz CT molecular complexity index is 331. The molecule has 0 unspecified atom stereocenters. The second-order valence-corrected chi connectivity index (χ2v) is 4.49. The lowest BCUT2D eigenvalue weighted by molar-refractivity contribution is 0.595. The van der Waals surface area contributed by atoms with Crippen molar-refractivity contribution in [1.82, 2.24) is 5.73 Å². The van der Waals surface area contributed by atoms with Crippen LogP contribution in [0.3, 0.4) is 0 Å². The Morgan fingerprint density at radius 1 is 1.17 bits per heavy atom.